The van der Waals surface area contributed by atoms with Crippen LogP contribution in [0.3, 0.4) is 0 Å². The molecular weight excluding hydrogens is 355 g/mol. The molecular formula is C20H12Cl2N2O. The van der Waals surface area contributed by atoms with Gasteiger partial charge in [-0.3, -0.25) is 4.79 Å². The van der Waals surface area contributed by atoms with Crippen LogP contribution in [0.5, 0.6) is 0 Å². The van der Waals surface area contributed by atoms with Crippen molar-refractivity contribution >= 4 is 34.0 Å². The van der Waals surface area contributed by atoms with Crippen LogP contribution in [0.25, 0.3) is 27.7 Å². The minimum absolute atomic E-state index is 0.207. The third-order valence-electron chi connectivity index (χ3n) is 4.00. The van der Waals surface area contributed by atoms with Crippen molar-refractivity contribution in [2.45, 2.75) is 0 Å². The second-order valence-corrected chi connectivity index (χ2v) is 6.41. The molecule has 0 N–H and O–H groups in total. The first kappa shape index (κ1) is 15.9. The molecule has 3 aromatic carbocycles. The van der Waals surface area contributed by atoms with E-state index in [1.807, 2.05) is 42.5 Å². The molecule has 0 radical (unpaired) electrons. The Bertz CT molecular complexity index is 1130. The Hall–Kier alpha value is -2.62. The molecule has 4 rings (SSSR count). The van der Waals surface area contributed by atoms with E-state index < -0.39 is 0 Å². The van der Waals surface area contributed by atoms with Crippen LogP contribution in [-0.2, 0) is 0 Å². The molecule has 0 spiro atoms. The summed E-state index contributed by atoms with van der Waals surface area (Å²) in [6.45, 7) is 0. The fourth-order valence-electron chi connectivity index (χ4n) is 2.80. The van der Waals surface area contributed by atoms with E-state index in [1.165, 1.54) is 4.68 Å². The van der Waals surface area contributed by atoms with Crippen LogP contribution < -0.4 is 5.56 Å². The molecule has 0 amide bonds. The summed E-state index contributed by atoms with van der Waals surface area (Å²) in [5.74, 6) is 0. The lowest BCUT2D eigenvalue weighted by Crippen LogP contribution is -2.22. The summed E-state index contributed by atoms with van der Waals surface area (Å²) in [7, 11) is 0. The molecule has 0 saturated carbocycles. The molecule has 3 nitrogen and oxygen atoms in total. The summed E-state index contributed by atoms with van der Waals surface area (Å²) < 4.78 is 1.36. The number of benzene rings is 3. The molecule has 0 unspecified atom stereocenters. The van der Waals surface area contributed by atoms with Gasteiger partial charge in [-0.15, -0.1) is 0 Å². The highest BCUT2D eigenvalue weighted by molar-refractivity contribution is 6.32. The van der Waals surface area contributed by atoms with E-state index in [9.17, 15) is 4.79 Å². The molecule has 4 aromatic rings. The van der Waals surface area contributed by atoms with Gasteiger partial charge in [0.15, 0.2) is 0 Å². The zero-order valence-electron chi connectivity index (χ0n) is 13.0. The fourth-order valence-corrected chi connectivity index (χ4v) is 3.14. The van der Waals surface area contributed by atoms with Crippen LogP contribution >= 0.6 is 23.2 Å². The normalized spacial score (nSPS) is 11.0. The number of fused-ring (bicyclic) bond motifs is 1. The largest absolute Gasteiger partial charge is 0.279 e. The quantitative estimate of drug-likeness (QED) is 0.478. The molecule has 25 heavy (non-hydrogen) atoms. The highest BCUT2D eigenvalue weighted by Gasteiger charge is 2.14. The van der Waals surface area contributed by atoms with E-state index in [0.717, 1.165) is 10.9 Å². The molecule has 0 aliphatic rings. The molecule has 0 atom stereocenters. The number of hydrogen-bond acceptors (Lipinski definition) is 2. The molecule has 0 aliphatic heterocycles. The smallest absolute Gasteiger partial charge is 0.267 e. The Balaban J connectivity index is 2.09. The van der Waals surface area contributed by atoms with Gasteiger partial charge in [-0.1, -0.05) is 65.7 Å². The average Bonchev–Trinajstić information content (AvgIpc) is 2.64. The lowest BCUT2D eigenvalue weighted by molar-refractivity contribution is 0.826. The van der Waals surface area contributed by atoms with E-state index in [-0.39, 0.29) is 5.56 Å². The van der Waals surface area contributed by atoms with Gasteiger partial charge in [0.25, 0.3) is 5.56 Å². The Morgan fingerprint density at radius 2 is 1.40 bits per heavy atom. The Morgan fingerprint density at radius 3 is 2.12 bits per heavy atom. The van der Waals surface area contributed by atoms with Crippen molar-refractivity contribution in [3.8, 4) is 16.9 Å². The summed E-state index contributed by atoms with van der Waals surface area (Å²) in [5.41, 5.74) is 1.92. The van der Waals surface area contributed by atoms with E-state index in [1.54, 1.807) is 30.3 Å². The fraction of sp³-hybridized carbons (Fsp3) is 0. The first-order chi connectivity index (χ1) is 12.1. The third kappa shape index (κ3) is 2.82. The van der Waals surface area contributed by atoms with Crippen LogP contribution in [0, 0.1) is 0 Å². The van der Waals surface area contributed by atoms with Gasteiger partial charge in [-0.2, -0.15) is 9.78 Å². The zero-order chi connectivity index (χ0) is 17.4. The number of para-hydroxylation sites is 1. The Kier molecular flexibility index (Phi) is 4.04. The standard InChI is InChI=1S/C20H12Cl2N2O/c21-14-11-9-13(10-12-14)19-15-5-1-2-6-16(15)20(25)24(23-19)18-8-4-3-7-17(18)22/h1-12H. The van der Waals surface area contributed by atoms with E-state index in [0.29, 0.717) is 26.8 Å². The van der Waals surface area contributed by atoms with Crippen molar-refractivity contribution in [2.75, 3.05) is 0 Å². The van der Waals surface area contributed by atoms with Crippen LogP contribution in [0.4, 0.5) is 0 Å². The van der Waals surface area contributed by atoms with Crippen LogP contribution in [-0.4, -0.2) is 9.78 Å². The van der Waals surface area contributed by atoms with Gasteiger partial charge in [-0.05, 0) is 30.3 Å². The lowest BCUT2D eigenvalue weighted by Gasteiger charge is -2.12. The molecule has 0 saturated heterocycles. The minimum atomic E-state index is -0.207. The summed E-state index contributed by atoms with van der Waals surface area (Å²) in [5, 5.41) is 7.10. The molecule has 0 bridgehead atoms. The molecule has 1 aromatic heterocycles. The van der Waals surface area contributed by atoms with Gasteiger partial charge in [0.2, 0.25) is 0 Å². The van der Waals surface area contributed by atoms with Gasteiger partial charge < -0.3 is 0 Å². The van der Waals surface area contributed by atoms with E-state index >= 15 is 0 Å². The van der Waals surface area contributed by atoms with E-state index in [4.69, 9.17) is 23.2 Å². The monoisotopic (exact) mass is 366 g/mol. The first-order valence-electron chi connectivity index (χ1n) is 7.68. The number of hydrogen-bond donors (Lipinski definition) is 0. The Morgan fingerprint density at radius 1 is 0.760 bits per heavy atom. The highest BCUT2D eigenvalue weighted by atomic mass is 35.5. The maximum absolute atomic E-state index is 12.9. The second-order valence-electron chi connectivity index (χ2n) is 5.57. The van der Waals surface area contributed by atoms with Crippen molar-refractivity contribution in [3.63, 3.8) is 0 Å². The molecule has 0 aliphatic carbocycles. The predicted octanol–water partition coefficient (Wildman–Crippen LogP) is 5.36. The van der Waals surface area contributed by atoms with Gasteiger partial charge in [0.1, 0.15) is 0 Å². The summed E-state index contributed by atoms with van der Waals surface area (Å²) in [4.78, 5) is 12.9. The number of aromatic nitrogens is 2. The van der Waals surface area contributed by atoms with Crippen molar-refractivity contribution in [3.05, 3.63) is 93.2 Å². The van der Waals surface area contributed by atoms with Crippen molar-refractivity contribution in [2.24, 2.45) is 0 Å². The minimum Gasteiger partial charge on any atom is -0.267 e. The molecule has 0 fully saturated rings. The third-order valence-corrected chi connectivity index (χ3v) is 4.57. The van der Waals surface area contributed by atoms with Crippen molar-refractivity contribution < 1.29 is 0 Å². The van der Waals surface area contributed by atoms with Crippen molar-refractivity contribution in [1.29, 1.82) is 0 Å². The topological polar surface area (TPSA) is 34.9 Å². The zero-order valence-corrected chi connectivity index (χ0v) is 14.5. The number of nitrogens with zero attached hydrogens (tertiary/aromatic N) is 2. The highest BCUT2D eigenvalue weighted by Crippen LogP contribution is 2.27. The lowest BCUT2D eigenvalue weighted by atomic mass is 10.1. The van der Waals surface area contributed by atoms with Crippen LogP contribution in [0.1, 0.15) is 0 Å². The van der Waals surface area contributed by atoms with Crippen molar-refractivity contribution in [1.82, 2.24) is 9.78 Å². The average molecular weight is 367 g/mol. The number of halogens is 2. The van der Waals surface area contributed by atoms with Gasteiger partial charge >= 0.3 is 0 Å². The first-order valence-corrected chi connectivity index (χ1v) is 8.43. The summed E-state index contributed by atoms with van der Waals surface area (Å²) in [6.07, 6.45) is 0. The van der Waals surface area contributed by atoms with Crippen LogP contribution in [0.15, 0.2) is 77.6 Å². The summed E-state index contributed by atoms with van der Waals surface area (Å²) >= 11 is 12.3. The van der Waals surface area contributed by atoms with Gasteiger partial charge in [-0.25, -0.2) is 0 Å². The molecule has 122 valence electrons. The Labute approximate surface area is 154 Å². The maximum atomic E-state index is 12.9. The maximum Gasteiger partial charge on any atom is 0.279 e. The SMILES string of the molecule is O=c1c2ccccc2c(-c2ccc(Cl)cc2)nn1-c1ccccc1Cl. The second kappa shape index (κ2) is 6.36. The van der Waals surface area contributed by atoms with E-state index in [2.05, 4.69) is 5.10 Å². The van der Waals surface area contributed by atoms with Crippen LogP contribution in [0.2, 0.25) is 10.0 Å². The molecule has 1 heterocycles. The van der Waals surface area contributed by atoms with Gasteiger partial charge in [0, 0.05) is 16.0 Å². The summed E-state index contributed by atoms with van der Waals surface area (Å²) in [6, 6.07) is 22.0. The van der Waals surface area contributed by atoms with Gasteiger partial charge in [0.05, 0.1) is 21.8 Å². The predicted molar refractivity (Wildman–Crippen MR) is 103 cm³/mol. The number of rotatable bonds is 2. The molecule has 5 heteroatoms.